The number of hydrogen-bond donors (Lipinski definition) is 1. The van der Waals surface area contributed by atoms with E-state index in [1.807, 2.05) is 42.6 Å². The molecular formula is C13H15IN2O2S. The summed E-state index contributed by atoms with van der Waals surface area (Å²) in [5.74, 6) is 0.808. The Hall–Kier alpha value is -0.860. The van der Waals surface area contributed by atoms with Crippen molar-refractivity contribution < 1.29 is 9.21 Å². The van der Waals surface area contributed by atoms with E-state index in [0.717, 1.165) is 8.64 Å². The summed E-state index contributed by atoms with van der Waals surface area (Å²) in [6.45, 7) is 0.520. The zero-order valence-electron chi connectivity index (χ0n) is 10.7. The highest BCUT2D eigenvalue weighted by Gasteiger charge is 2.18. The van der Waals surface area contributed by atoms with E-state index >= 15 is 0 Å². The van der Waals surface area contributed by atoms with Crippen LogP contribution < -0.4 is 5.32 Å². The fourth-order valence-corrected chi connectivity index (χ4v) is 3.07. The van der Waals surface area contributed by atoms with Crippen molar-refractivity contribution in [2.75, 3.05) is 20.6 Å². The Morgan fingerprint density at radius 1 is 1.58 bits per heavy atom. The van der Waals surface area contributed by atoms with Gasteiger partial charge in [0.05, 0.1) is 20.8 Å². The second-order valence-electron chi connectivity index (χ2n) is 4.34. The third-order valence-electron chi connectivity index (χ3n) is 2.78. The van der Waals surface area contributed by atoms with E-state index in [1.54, 1.807) is 17.6 Å². The number of carbonyl (C=O) groups excluding carboxylic acids is 1. The fraction of sp³-hybridized carbons (Fsp3) is 0.308. The first-order valence-electron chi connectivity index (χ1n) is 5.80. The zero-order chi connectivity index (χ0) is 13.8. The summed E-state index contributed by atoms with van der Waals surface area (Å²) in [5, 5.41) is 4.81. The molecule has 0 bridgehead atoms. The van der Waals surface area contributed by atoms with Gasteiger partial charge in [0.1, 0.15) is 5.76 Å². The predicted octanol–water partition coefficient (Wildman–Crippen LogP) is 2.98. The topological polar surface area (TPSA) is 45.5 Å². The van der Waals surface area contributed by atoms with Gasteiger partial charge in [-0.3, -0.25) is 9.69 Å². The van der Waals surface area contributed by atoms with Gasteiger partial charge in [0, 0.05) is 11.9 Å². The summed E-state index contributed by atoms with van der Waals surface area (Å²) >= 11 is 3.78. The van der Waals surface area contributed by atoms with Crippen LogP contribution in [-0.2, 0) is 0 Å². The van der Waals surface area contributed by atoms with E-state index in [0.29, 0.717) is 12.1 Å². The Balaban J connectivity index is 1.98. The molecule has 102 valence electrons. The van der Waals surface area contributed by atoms with Crippen LogP contribution in [0.3, 0.4) is 0 Å². The van der Waals surface area contributed by atoms with Crippen molar-refractivity contribution in [3.63, 3.8) is 0 Å². The molecule has 1 atom stereocenters. The lowest BCUT2D eigenvalue weighted by molar-refractivity contribution is 0.0939. The first kappa shape index (κ1) is 14.5. The van der Waals surface area contributed by atoms with Gasteiger partial charge in [-0.15, -0.1) is 11.3 Å². The number of hydrogen-bond acceptors (Lipinski definition) is 4. The van der Waals surface area contributed by atoms with Crippen LogP contribution in [0.15, 0.2) is 34.3 Å². The first-order valence-corrected chi connectivity index (χ1v) is 7.76. The van der Waals surface area contributed by atoms with Gasteiger partial charge in [-0.25, -0.2) is 0 Å². The molecule has 4 nitrogen and oxygen atoms in total. The smallest absolute Gasteiger partial charge is 0.252 e. The second kappa shape index (κ2) is 6.53. The molecule has 2 aromatic rings. The molecular weight excluding hydrogens is 375 g/mol. The quantitative estimate of drug-likeness (QED) is 0.799. The summed E-state index contributed by atoms with van der Waals surface area (Å²) < 4.78 is 6.52. The molecule has 0 aliphatic carbocycles. The molecule has 0 aliphatic heterocycles. The van der Waals surface area contributed by atoms with Crippen molar-refractivity contribution in [2.45, 2.75) is 6.04 Å². The molecule has 0 saturated carbocycles. The zero-order valence-corrected chi connectivity index (χ0v) is 13.7. The number of nitrogens with zero attached hydrogens (tertiary/aromatic N) is 1. The predicted molar refractivity (Wildman–Crippen MR) is 84.5 cm³/mol. The molecule has 2 heterocycles. The summed E-state index contributed by atoms with van der Waals surface area (Å²) in [5.41, 5.74) is 0.714. The first-order chi connectivity index (χ1) is 9.08. The molecule has 1 amide bonds. The Labute approximate surface area is 129 Å². The maximum atomic E-state index is 12.0. The summed E-state index contributed by atoms with van der Waals surface area (Å²) in [7, 11) is 3.93. The Morgan fingerprint density at radius 2 is 2.37 bits per heavy atom. The van der Waals surface area contributed by atoms with Crippen molar-refractivity contribution in [3.8, 4) is 0 Å². The highest BCUT2D eigenvalue weighted by atomic mass is 127. The molecule has 19 heavy (non-hydrogen) atoms. The molecule has 0 aliphatic rings. The SMILES string of the molecule is CN(C)C(CNC(=O)c1csc(I)c1)c1ccco1. The van der Waals surface area contributed by atoms with Crippen LogP contribution in [0.2, 0.25) is 0 Å². The van der Waals surface area contributed by atoms with Crippen molar-refractivity contribution in [2.24, 2.45) is 0 Å². The molecule has 0 spiro atoms. The van der Waals surface area contributed by atoms with Gasteiger partial charge in [-0.2, -0.15) is 0 Å². The van der Waals surface area contributed by atoms with Crippen LogP contribution in [-0.4, -0.2) is 31.4 Å². The highest BCUT2D eigenvalue weighted by molar-refractivity contribution is 14.1. The summed E-state index contributed by atoms with van der Waals surface area (Å²) in [4.78, 5) is 14.0. The second-order valence-corrected chi connectivity index (χ2v) is 7.15. The number of rotatable bonds is 5. The number of carbonyl (C=O) groups is 1. The number of likely N-dealkylation sites (N-methyl/N-ethyl adjacent to an activating group) is 1. The van der Waals surface area contributed by atoms with Crippen LogP contribution in [0.1, 0.15) is 22.2 Å². The molecule has 6 heteroatoms. The summed E-state index contributed by atoms with van der Waals surface area (Å²) in [6.07, 6.45) is 1.65. The monoisotopic (exact) mass is 390 g/mol. The highest BCUT2D eigenvalue weighted by Crippen LogP contribution is 2.19. The molecule has 0 saturated heterocycles. The van der Waals surface area contributed by atoms with Gasteiger partial charge in [-0.1, -0.05) is 0 Å². The van der Waals surface area contributed by atoms with E-state index < -0.39 is 0 Å². The minimum atomic E-state index is -0.0439. The maximum Gasteiger partial charge on any atom is 0.252 e. The van der Waals surface area contributed by atoms with E-state index in [9.17, 15) is 4.79 Å². The number of thiophene rings is 1. The average molecular weight is 390 g/mol. The number of amides is 1. The Bertz CT molecular complexity index is 537. The van der Waals surface area contributed by atoms with Gasteiger partial charge in [0.15, 0.2) is 0 Å². The van der Waals surface area contributed by atoms with Crippen LogP contribution in [0.25, 0.3) is 0 Å². The number of halogens is 1. The lowest BCUT2D eigenvalue weighted by atomic mass is 10.2. The van der Waals surface area contributed by atoms with Crippen molar-refractivity contribution >= 4 is 39.8 Å². The van der Waals surface area contributed by atoms with Crippen molar-refractivity contribution in [1.82, 2.24) is 10.2 Å². The van der Waals surface area contributed by atoms with Crippen LogP contribution in [0.5, 0.6) is 0 Å². The lowest BCUT2D eigenvalue weighted by Gasteiger charge is -2.22. The third-order valence-corrected chi connectivity index (χ3v) is 4.57. The molecule has 2 aromatic heterocycles. The summed E-state index contributed by atoms with van der Waals surface area (Å²) in [6, 6.07) is 5.70. The largest absolute Gasteiger partial charge is 0.468 e. The minimum absolute atomic E-state index is 0.0386. The van der Waals surface area contributed by atoms with Crippen LogP contribution in [0.4, 0.5) is 0 Å². The molecule has 1 N–H and O–H groups in total. The molecule has 1 unspecified atom stereocenters. The maximum absolute atomic E-state index is 12.0. The standard InChI is InChI=1S/C13H15IN2O2S/c1-16(2)10(11-4-3-5-18-11)7-15-13(17)9-6-12(14)19-8-9/h3-6,8,10H,7H2,1-2H3,(H,15,17). The average Bonchev–Trinajstić information content (AvgIpc) is 3.00. The fourth-order valence-electron chi connectivity index (χ4n) is 1.74. The van der Waals surface area contributed by atoms with Gasteiger partial charge < -0.3 is 9.73 Å². The van der Waals surface area contributed by atoms with Crippen molar-refractivity contribution in [1.29, 1.82) is 0 Å². The Morgan fingerprint density at radius 3 is 2.89 bits per heavy atom. The van der Waals surface area contributed by atoms with Gasteiger partial charge >= 0.3 is 0 Å². The van der Waals surface area contributed by atoms with Crippen molar-refractivity contribution in [3.05, 3.63) is 44.0 Å². The van der Waals surface area contributed by atoms with E-state index in [4.69, 9.17) is 4.42 Å². The normalized spacial score (nSPS) is 12.6. The van der Waals surface area contributed by atoms with Crippen LogP contribution in [0, 0.1) is 2.88 Å². The molecule has 2 rings (SSSR count). The Kier molecular flexibility index (Phi) is 5.00. The van der Waals surface area contributed by atoms with Gasteiger partial charge in [0.25, 0.3) is 5.91 Å². The number of nitrogens with one attached hydrogen (secondary N) is 1. The van der Waals surface area contributed by atoms with Gasteiger partial charge in [-0.05, 0) is 54.9 Å². The van der Waals surface area contributed by atoms with E-state index in [-0.39, 0.29) is 11.9 Å². The minimum Gasteiger partial charge on any atom is -0.468 e. The number of furan rings is 1. The van der Waals surface area contributed by atoms with Gasteiger partial charge in [0.2, 0.25) is 0 Å². The van der Waals surface area contributed by atoms with Crippen LogP contribution >= 0.6 is 33.9 Å². The van der Waals surface area contributed by atoms with E-state index in [2.05, 4.69) is 27.9 Å². The van der Waals surface area contributed by atoms with E-state index in [1.165, 1.54) is 0 Å². The third kappa shape index (κ3) is 3.80. The molecule has 0 aromatic carbocycles. The molecule has 0 fully saturated rings. The molecule has 0 radical (unpaired) electrons. The lowest BCUT2D eigenvalue weighted by Crippen LogP contribution is -2.34.